The lowest BCUT2D eigenvalue weighted by Gasteiger charge is -2.43. The number of carbonyl (C=O) groups is 2. The number of esters is 1. The third-order valence-corrected chi connectivity index (χ3v) is 10.1. The molecule has 7 heteroatoms. The number of benzene rings is 1. The number of ether oxygens (including phenoxy) is 1. The predicted molar refractivity (Wildman–Crippen MR) is 146 cm³/mol. The summed E-state index contributed by atoms with van der Waals surface area (Å²) in [6, 6.07) is 5.76. The third kappa shape index (κ3) is 5.36. The van der Waals surface area contributed by atoms with Crippen molar-refractivity contribution < 1.29 is 14.3 Å². The van der Waals surface area contributed by atoms with Gasteiger partial charge in [0.05, 0.1) is 11.0 Å². The fourth-order valence-corrected chi connectivity index (χ4v) is 8.16. The molecule has 2 saturated carbocycles. The van der Waals surface area contributed by atoms with Crippen LogP contribution in [0.4, 0.5) is 0 Å². The van der Waals surface area contributed by atoms with Crippen molar-refractivity contribution in [2.75, 3.05) is 0 Å². The number of Topliss-reactive ketones (excluding diaryl/α,β-unsaturated/α-hetero) is 1. The first-order valence-corrected chi connectivity index (χ1v) is 15.2. The molecule has 1 aliphatic heterocycles. The fraction of sp³-hybridized carbons (Fsp3) is 0.690. The molecule has 2 unspecified atom stereocenters. The minimum Gasteiger partial charge on any atom is -0.457 e. The summed E-state index contributed by atoms with van der Waals surface area (Å²) in [4.78, 5) is 31.8. The summed E-state index contributed by atoms with van der Waals surface area (Å²) in [5.41, 5.74) is 1.12. The molecule has 1 aromatic carbocycles. The molecule has 36 heavy (non-hydrogen) atoms. The van der Waals surface area contributed by atoms with Gasteiger partial charge in [-0.25, -0.2) is 4.98 Å². The zero-order valence-electron chi connectivity index (χ0n) is 21.6. The van der Waals surface area contributed by atoms with Crippen LogP contribution in [0.3, 0.4) is 0 Å². The summed E-state index contributed by atoms with van der Waals surface area (Å²) in [5.74, 6) is 0.739. The van der Waals surface area contributed by atoms with Crippen LogP contribution in [0.5, 0.6) is 0 Å². The predicted octanol–water partition coefficient (Wildman–Crippen LogP) is 7.93. The number of cyclic esters (lactones) is 1. The van der Waals surface area contributed by atoms with E-state index in [9.17, 15) is 9.59 Å². The average molecular weight is 531 g/mol. The van der Waals surface area contributed by atoms with Crippen LogP contribution >= 0.6 is 23.4 Å². The molecule has 2 atom stereocenters. The molecule has 3 fully saturated rings. The van der Waals surface area contributed by atoms with Crippen LogP contribution in [-0.2, 0) is 14.3 Å². The van der Waals surface area contributed by atoms with Crippen molar-refractivity contribution in [3.05, 3.63) is 23.2 Å². The molecular formula is C29H39ClN2O3S. The summed E-state index contributed by atoms with van der Waals surface area (Å²) in [7, 11) is 0. The zero-order chi connectivity index (χ0) is 25.3. The van der Waals surface area contributed by atoms with Gasteiger partial charge < -0.3 is 9.30 Å². The van der Waals surface area contributed by atoms with Crippen molar-refractivity contribution >= 4 is 46.1 Å². The van der Waals surface area contributed by atoms with Gasteiger partial charge in [0, 0.05) is 17.5 Å². The second-order valence-corrected chi connectivity index (χ2v) is 13.0. The Bertz CT molecular complexity index is 1080. The highest BCUT2D eigenvalue weighted by molar-refractivity contribution is 8.01. The average Bonchev–Trinajstić information content (AvgIpc) is 3.50. The number of hydrogen-bond acceptors (Lipinski definition) is 5. The van der Waals surface area contributed by atoms with E-state index < -0.39 is 10.9 Å². The van der Waals surface area contributed by atoms with Gasteiger partial charge in [0.2, 0.25) is 0 Å². The normalized spacial score (nSPS) is 26.3. The summed E-state index contributed by atoms with van der Waals surface area (Å²) in [5, 5.41) is 0.432. The monoisotopic (exact) mass is 530 g/mol. The zero-order valence-corrected chi connectivity index (χ0v) is 23.2. The molecule has 0 spiro atoms. The molecule has 1 aromatic heterocycles. The second-order valence-electron chi connectivity index (χ2n) is 11.5. The maximum atomic E-state index is 13.6. The van der Waals surface area contributed by atoms with Crippen LogP contribution < -0.4 is 0 Å². The Morgan fingerprint density at radius 3 is 2.53 bits per heavy atom. The molecule has 0 N–H and O–H groups in total. The largest absolute Gasteiger partial charge is 0.457 e. The van der Waals surface area contributed by atoms with Crippen LogP contribution in [0.1, 0.15) is 103 Å². The van der Waals surface area contributed by atoms with Gasteiger partial charge in [-0.05, 0) is 69.6 Å². The number of halogens is 1. The van der Waals surface area contributed by atoms with E-state index in [-0.39, 0.29) is 17.8 Å². The highest BCUT2D eigenvalue weighted by Gasteiger charge is 2.52. The molecule has 2 heterocycles. The number of carbonyl (C=O) groups excluding carboxylic acids is 2. The summed E-state index contributed by atoms with van der Waals surface area (Å²) in [6.07, 6.45) is 14.6. The lowest BCUT2D eigenvalue weighted by Crippen LogP contribution is -2.52. The Labute approximate surface area is 224 Å². The molecule has 1 saturated heterocycles. The molecule has 5 rings (SSSR count). The maximum Gasteiger partial charge on any atom is 0.327 e. The number of hydrogen-bond donors (Lipinski definition) is 0. The van der Waals surface area contributed by atoms with E-state index in [2.05, 4.69) is 18.4 Å². The van der Waals surface area contributed by atoms with Crippen molar-refractivity contribution in [1.82, 2.24) is 9.55 Å². The van der Waals surface area contributed by atoms with Crippen molar-refractivity contribution in [3.63, 3.8) is 0 Å². The highest BCUT2D eigenvalue weighted by Crippen LogP contribution is 2.47. The fourth-order valence-electron chi connectivity index (χ4n) is 6.85. The van der Waals surface area contributed by atoms with E-state index in [0.29, 0.717) is 22.5 Å². The Kier molecular flexibility index (Phi) is 8.02. The Balaban J connectivity index is 1.34. The van der Waals surface area contributed by atoms with Gasteiger partial charge in [-0.15, -0.1) is 0 Å². The number of ketones is 1. The van der Waals surface area contributed by atoms with Crippen LogP contribution in [0.2, 0.25) is 5.02 Å². The first-order valence-electron chi connectivity index (χ1n) is 14.0. The van der Waals surface area contributed by atoms with Gasteiger partial charge in [0.25, 0.3) is 0 Å². The molecule has 0 amide bonds. The lowest BCUT2D eigenvalue weighted by molar-refractivity contribution is -0.177. The first kappa shape index (κ1) is 26.1. The summed E-state index contributed by atoms with van der Waals surface area (Å²) < 4.78 is 8.44. The Hall–Kier alpha value is -1.53. The van der Waals surface area contributed by atoms with E-state index >= 15 is 0 Å². The quantitative estimate of drug-likeness (QED) is 0.256. The second kappa shape index (κ2) is 11.1. The number of fused-ring (bicyclic) bond motifs is 1. The van der Waals surface area contributed by atoms with Gasteiger partial charge in [-0.2, -0.15) is 0 Å². The molecule has 3 aliphatic rings. The Morgan fingerprint density at radius 1 is 1.11 bits per heavy atom. The number of thioether (sulfide) groups is 1. The first-order chi connectivity index (χ1) is 17.4. The number of nitrogens with zero attached hydrogens (tertiary/aromatic N) is 2. The molecule has 0 radical (unpaired) electrons. The van der Waals surface area contributed by atoms with Crippen LogP contribution in [0, 0.1) is 11.8 Å². The number of imidazole rings is 1. The molecule has 196 valence electrons. The van der Waals surface area contributed by atoms with Crippen LogP contribution in [0.15, 0.2) is 23.4 Å². The van der Waals surface area contributed by atoms with Crippen molar-refractivity contribution in [1.29, 1.82) is 0 Å². The van der Waals surface area contributed by atoms with E-state index in [0.717, 1.165) is 42.6 Å². The SMILES string of the molecule is CC(C)n1c(SC2C(=O)CC(CCCC3CCCCC3)(C3CCCC3)OC2=O)nc2cc(Cl)ccc21. The third-order valence-electron chi connectivity index (χ3n) is 8.68. The van der Waals surface area contributed by atoms with Crippen LogP contribution in [0.25, 0.3) is 11.0 Å². The molecule has 2 aromatic rings. The maximum absolute atomic E-state index is 13.6. The number of rotatable bonds is 8. The minimum atomic E-state index is -0.859. The van der Waals surface area contributed by atoms with Gasteiger partial charge in [-0.1, -0.05) is 74.7 Å². The smallest absolute Gasteiger partial charge is 0.327 e. The van der Waals surface area contributed by atoms with E-state index in [1.165, 1.54) is 63.1 Å². The van der Waals surface area contributed by atoms with Crippen molar-refractivity contribution in [2.45, 2.75) is 119 Å². The van der Waals surface area contributed by atoms with Gasteiger partial charge in [0.15, 0.2) is 16.2 Å². The molecule has 2 aliphatic carbocycles. The number of aromatic nitrogens is 2. The van der Waals surface area contributed by atoms with Gasteiger partial charge in [0.1, 0.15) is 5.60 Å². The minimum absolute atomic E-state index is 0.00112. The van der Waals surface area contributed by atoms with Gasteiger partial charge in [-0.3, -0.25) is 9.59 Å². The van der Waals surface area contributed by atoms with Gasteiger partial charge >= 0.3 is 5.97 Å². The summed E-state index contributed by atoms with van der Waals surface area (Å²) in [6.45, 7) is 4.16. The lowest BCUT2D eigenvalue weighted by atomic mass is 9.75. The topological polar surface area (TPSA) is 61.2 Å². The highest BCUT2D eigenvalue weighted by atomic mass is 35.5. The van der Waals surface area contributed by atoms with Crippen molar-refractivity contribution in [3.8, 4) is 0 Å². The summed E-state index contributed by atoms with van der Waals surface area (Å²) >= 11 is 7.44. The van der Waals surface area contributed by atoms with E-state index in [4.69, 9.17) is 21.3 Å². The van der Waals surface area contributed by atoms with E-state index in [1.54, 1.807) is 0 Å². The van der Waals surface area contributed by atoms with E-state index in [1.807, 2.05) is 18.2 Å². The van der Waals surface area contributed by atoms with Crippen LogP contribution in [-0.4, -0.2) is 32.2 Å². The molecule has 0 bridgehead atoms. The van der Waals surface area contributed by atoms with Crippen molar-refractivity contribution in [2.24, 2.45) is 11.8 Å². The Morgan fingerprint density at radius 2 is 1.83 bits per heavy atom. The molecular weight excluding hydrogens is 492 g/mol. The standard InChI is InChI=1S/C29H39ClN2O3S/c1-19(2)32-24-15-14-22(30)17-23(24)31-28(32)36-26-25(33)18-29(35-27(26)34,21-12-6-7-13-21)16-8-11-20-9-4-3-5-10-20/h14-15,17,19-21,26H,3-13,16,18H2,1-2H3. The molecule has 5 nitrogen and oxygen atoms in total.